The van der Waals surface area contributed by atoms with Crippen LogP contribution < -0.4 is 4.74 Å². The summed E-state index contributed by atoms with van der Waals surface area (Å²) in [6.45, 7) is 0. The summed E-state index contributed by atoms with van der Waals surface area (Å²) in [5, 5.41) is 19.7. The van der Waals surface area contributed by atoms with Crippen molar-refractivity contribution in [3.63, 3.8) is 0 Å². The molecule has 1 spiro atoms. The molecule has 2 aliphatic rings. The largest absolute Gasteiger partial charge is 0.508 e. The van der Waals surface area contributed by atoms with Crippen molar-refractivity contribution in [2.45, 2.75) is 24.5 Å². The molecule has 1 heterocycles. The summed E-state index contributed by atoms with van der Waals surface area (Å²) in [4.78, 5) is 24.5. The number of phenolic OH excluding ortho intramolecular Hbond substituents is 1. The fourth-order valence-corrected chi connectivity index (χ4v) is 3.09. The van der Waals surface area contributed by atoms with E-state index in [9.17, 15) is 19.8 Å². The summed E-state index contributed by atoms with van der Waals surface area (Å²) < 4.78 is 10.4. The van der Waals surface area contributed by atoms with Crippen LogP contribution >= 0.6 is 0 Å². The van der Waals surface area contributed by atoms with Gasteiger partial charge >= 0.3 is 5.97 Å². The molecule has 3 rings (SSSR count). The van der Waals surface area contributed by atoms with Crippen molar-refractivity contribution in [3.05, 3.63) is 23.8 Å². The number of methoxy groups -OCH3 is 1. The Hall–Kier alpha value is -2.08. The molecule has 20 heavy (non-hydrogen) atoms. The zero-order valence-corrected chi connectivity index (χ0v) is 10.8. The van der Waals surface area contributed by atoms with E-state index < -0.39 is 29.4 Å². The Morgan fingerprint density at radius 3 is 2.90 bits per heavy atom. The number of phenols is 1. The van der Waals surface area contributed by atoms with Gasteiger partial charge in [-0.05, 0) is 31.0 Å². The number of rotatable bonds is 1. The van der Waals surface area contributed by atoms with Gasteiger partial charge < -0.3 is 19.7 Å². The topological polar surface area (TPSA) is 93.1 Å². The van der Waals surface area contributed by atoms with Crippen LogP contribution in [-0.2, 0) is 9.53 Å². The maximum Gasteiger partial charge on any atom is 0.313 e. The van der Waals surface area contributed by atoms with E-state index in [0.29, 0.717) is 6.42 Å². The lowest BCUT2D eigenvalue weighted by Gasteiger charge is -2.30. The van der Waals surface area contributed by atoms with Crippen LogP contribution in [0.1, 0.15) is 23.2 Å². The van der Waals surface area contributed by atoms with Crippen molar-refractivity contribution >= 4 is 11.8 Å². The quantitative estimate of drug-likeness (QED) is 0.733. The molecule has 1 fully saturated rings. The molecule has 1 aliphatic carbocycles. The Morgan fingerprint density at radius 2 is 2.20 bits per heavy atom. The van der Waals surface area contributed by atoms with Crippen LogP contribution in [0.5, 0.6) is 11.5 Å². The van der Waals surface area contributed by atoms with Gasteiger partial charge in [-0.15, -0.1) is 0 Å². The molecule has 0 aromatic heterocycles. The maximum atomic E-state index is 12.6. The van der Waals surface area contributed by atoms with Crippen LogP contribution in [0.2, 0.25) is 0 Å². The summed E-state index contributed by atoms with van der Waals surface area (Å²) in [7, 11) is 1.24. The molecule has 0 saturated heterocycles. The second kappa shape index (κ2) is 4.21. The molecule has 0 bridgehead atoms. The van der Waals surface area contributed by atoms with E-state index >= 15 is 0 Å². The summed E-state index contributed by atoms with van der Waals surface area (Å²) in [5.74, 6) is -1.71. The smallest absolute Gasteiger partial charge is 0.313 e. The summed E-state index contributed by atoms with van der Waals surface area (Å²) in [5.41, 5.74) is -1.44. The number of fused-ring (bicyclic) bond motifs is 1. The summed E-state index contributed by atoms with van der Waals surface area (Å²) in [6, 6.07) is 4.13. The standard InChI is InChI=1S/C14H14O6/c1-19-13(18)9-3-5-11(16)14(9)12(17)8-6-7(15)2-4-10(8)20-14/h2,4,6,9,11,15-16H,3,5H2,1H3/t9-,11-,14?/m0/s1. The first-order chi connectivity index (χ1) is 9.50. The molecule has 1 aliphatic heterocycles. The molecule has 1 saturated carbocycles. The average Bonchev–Trinajstić information content (AvgIpc) is 2.91. The van der Waals surface area contributed by atoms with Crippen molar-refractivity contribution in [2.75, 3.05) is 7.11 Å². The van der Waals surface area contributed by atoms with E-state index in [-0.39, 0.29) is 23.5 Å². The lowest BCUT2D eigenvalue weighted by molar-refractivity contribution is -0.152. The Morgan fingerprint density at radius 1 is 1.45 bits per heavy atom. The number of ketones is 1. The SMILES string of the molecule is COC(=O)[C@@H]1CC[C@H](O)C12Oc1ccc(O)cc1C2=O. The fraction of sp³-hybridized carbons (Fsp3) is 0.429. The summed E-state index contributed by atoms with van der Waals surface area (Å²) in [6.07, 6.45) is -0.473. The Kier molecular flexibility index (Phi) is 2.72. The number of hydrogen-bond acceptors (Lipinski definition) is 6. The molecule has 106 valence electrons. The number of hydrogen-bond donors (Lipinski definition) is 2. The van der Waals surface area contributed by atoms with Gasteiger partial charge in [-0.1, -0.05) is 0 Å². The van der Waals surface area contributed by atoms with Crippen LogP contribution in [0.15, 0.2) is 18.2 Å². The minimum absolute atomic E-state index is 0.0696. The van der Waals surface area contributed by atoms with Gasteiger partial charge in [0.2, 0.25) is 11.4 Å². The van der Waals surface area contributed by atoms with Gasteiger partial charge in [-0.3, -0.25) is 9.59 Å². The molecular weight excluding hydrogens is 264 g/mol. The van der Waals surface area contributed by atoms with Crippen LogP contribution in [0.25, 0.3) is 0 Å². The molecule has 0 radical (unpaired) electrons. The van der Waals surface area contributed by atoms with E-state index in [2.05, 4.69) is 0 Å². The number of Topliss-reactive ketones (excluding diaryl/α,β-unsaturated/α-hetero) is 1. The van der Waals surface area contributed by atoms with Gasteiger partial charge in [0.15, 0.2) is 0 Å². The van der Waals surface area contributed by atoms with Crippen molar-refractivity contribution < 1.29 is 29.3 Å². The number of benzene rings is 1. The van der Waals surface area contributed by atoms with Crippen LogP contribution in [0.4, 0.5) is 0 Å². The third-order valence-electron chi connectivity index (χ3n) is 4.07. The van der Waals surface area contributed by atoms with Gasteiger partial charge in [0, 0.05) is 0 Å². The normalized spacial score (nSPS) is 31.2. The van der Waals surface area contributed by atoms with Crippen LogP contribution in [0.3, 0.4) is 0 Å². The first-order valence-corrected chi connectivity index (χ1v) is 6.33. The molecule has 2 N–H and O–H groups in total. The van der Waals surface area contributed by atoms with E-state index in [4.69, 9.17) is 9.47 Å². The molecule has 6 nitrogen and oxygen atoms in total. The number of aromatic hydroxyl groups is 1. The predicted molar refractivity (Wildman–Crippen MR) is 66.5 cm³/mol. The van der Waals surface area contributed by atoms with Gasteiger partial charge in [0.05, 0.1) is 12.7 Å². The van der Waals surface area contributed by atoms with Gasteiger partial charge in [-0.25, -0.2) is 0 Å². The number of carbonyl (C=O) groups excluding carboxylic acids is 2. The highest BCUT2D eigenvalue weighted by Crippen LogP contribution is 2.48. The monoisotopic (exact) mass is 278 g/mol. The number of carbonyl (C=O) groups is 2. The third kappa shape index (κ3) is 1.48. The van der Waals surface area contributed by atoms with Crippen molar-refractivity contribution in [1.82, 2.24) is 0 Å². The number of aliphatic hydroxyl groups is 1. The van der Waals surface area contributed by atoms with Crippen LogP contribution in [-0.4, -0.2) is 40.8 Å². The van der Waals surface area contributed by atoms with Gasteiger partial charge in [0.25, 0.3) is 0 Å². The molecular formula is C14H14O6. The predicted octanol–water partition coefficient (Wildman–Crippen LogP) is 0.650. The lowest BCUT2D eigenvalue weighted by Crippen LogP contribution is -2.54. The maximum absolute atomic E-state index is 12.6. The van der Waals surface area contributed by atoms with E-state index in [1.165, 1.54) is 25.3 Å². The van der Waals surface area contributed by atoms with Gasteiger partial charge in [-0.2, -0.15) is 0 Å². The molecule has 1 aromatic carbocycles. The van der Waals surface area contributed by atoms with Crippen LogP contribution in [0, 0.1) is 5.92 Å². The highest BCUT2D eigenvalue weighted by Gasteiger charge is 2.64. The first-order valence-electron chi connectivity index (χ1n) is 6.33. The number of ether oxygens (including phenoxy) is 2. The number of aliphatic hydroxyl groups excluding tert-OH is 1. The Bertz CT molecular complexity index is 595. The second-order valence-corrected chi connectivity index (χ2v) is 5.07. The zero-order chi connectivity index (χ0) is 14.5. The molecule has 3 atom stereocenters. The average molecular weight is 278 g/mol. The van der Waals surface area contributed by atoms with Crippen molar-refractivity contribution in [2.24, 2.45) is 5.92 Å². The Labute approximate surface area is 114 Å². The summed E-state index contributed by atoms with van der Waals surface area (Å²) >= 11 is 0. The van der Waals surface area contributed by atoms with Gasteiger partial charge in [0.1, 0.15) is 23.5 Å². The highest BCUT2D eigenvalue weighted by molar-refractivity contribution is 6.10. The third-order valence-corrected chi connectivity index (χ3v) is 4.07. The molecule has 0 amide bonds. The second-order valence-electron chi connectivity index (χ2n) is 5.07. The molecule has 1 unspecified atom stereocenters. The minimum Gasteiger partial charge on any atom is -0.508 e. The first kappa shape index (κ1) is 12.9. The minimum atomic E-state index is -1.62. The highest BCUT2D eigenvalue weighted by atomic mass is 16.5. The zero-order valence-electron chi connectivity index (χ0n) is 10.8. The fourth-order valence-electron chi connectivity index (χ4n) is 3.09. The van der Waals surface area contributed by atoms with E-state index in [1.54, 1.807) is 0 Å². The lowest BCUT2D eigenvalue weighted by atomic mass is 9.84. The van der Waals surface area contributed by atoms with E-state index in [1.807, 2.05) is 0 Å². The Balaban J connectivity index is 2.09. The van der Waals surface area contributed by atoms with Crippen molar-refractivity contribution in [3.8, 4) is 11.5 Å². The molecule has 1 aromatic rings. The molecule has 6 heteroatoms. The van der Waals surface area contributed by atoms with Crippen molar-refractivity contribution in [1.29, 1.82) is 0 Å². The number of esters is 1. The van der Waals surface area contributed by atoms with E-state index in [0.717, 1.165) is 0 Å².